The molecule has 3 N–H and O–H groups in total. The van der Waals surface area contributed by atoms with Crippen LogP contribution in [0.15, 0.2) is 57.4 Å². The summed E-state index contributed by atoms with van der Waals surface area (Å²) in [5, 5.41) is 12.7. The molecule has 0 spiro atoms. The lowest BCUT2D eigenvalue weighted by molar-refractivity contribution is 0.318. The van der Waals surface area contributed by atoms with Crippen LogP contribution in [0.25, 0.3) is 0 Å². The Morgan fingerprint density at radius 1 is 1.11 bits per heavy atom. The summed E-state index contributed by atoms with van der Waals surface area (Å²) in [6.07, 6.45) is 0. The van der Waals surface area contributed by atoms with Crippen LogP contribution in [0, 0.1) is 0 Å². The number of amidine groups is 1. The van der Waals surface area contributed by atoms with Gasteiger partial charge in [0.2, 0.25) is 0 Å². The molecule has 0 atom stereocenters. The third-order valence-corrected chi connectivity index (χ3v) is 4.21. The molecule has 0 aliphatic carbocycles. The van der Waals surface area contributed by atoms with Gasteiger partial charge in [0.15, 0.2) is 5.84 Å². The number of hydrogen-bond acceptors (Lipinski definition) is 3. The maximum Gasteiger partial charge on any atom is 0.171 e. The zero-order chi connectivity index (χ0) is 13.8. The maximum absolute atomic E-state index is 8.64. The van der Waals surface area contributed by atoms with Crippen molar-refractivity contribution in [2.24, 2.45) is 10.9 Å². The molecule has 6 heteroatoms. The van der Waals surface area contributed by atoms with E-state index >= 15 is 0 Å². The molecular weight excluding hydrogens is 303 g/mol. The first-order valence-electron chi connectivity index (χ1n) is 5.31. The second-order valence-corrected chi connectivity index (χ2v) is 5.59. The summed E-state index contributed by atoms with van der Waals surface area (Å²) in [5.41, 5.74) is 6.00. The Morgan fingerprint density at radius 3 is 2.47 bits per heavy atom. The van der Waals surface area contributed by atoms with Crippen molar-refractivity contribution in [2.75, 3.05) is 0 Å². The minimum Gasteiger partial charge on any atom is -0.409 e. The van der Waals surface area contributed by atoms with Gasteiger partial charge >= 0.3 is 0 Å². The van der Waals surface area contributed by atoms with E-state index in [2.05, 4.69) is 5.16 Å². The number of nitrogens with two attached hydrogens (primary N) is 1. The summed E-state index contributed by atoms with van der Waals surface area (Å²) in [4.78, 5) is 1.87. The molecule has 3 nitrogen and oxygen atoms in total. The maximum atomic E-state index is 8.64. The van der Waals surface area contributed by atoms with Crippen LogP contribution in [-0.4, -0.2) is 11.0 Å². The van der Waals surface area contributed by atoms with Gasteiger partial charge in [0.1, 0.15) is 0 Å². The van der Waals surface area contributed by atoms with Gasteiger partial charge in [0.25, 0.3) is 0 Å². The summed E-state index contributed by atoms with van der Waals surface area (Å²) in [6, 6.07) is 12.9. The molecule has 0 radical (unpaired) electrons. The minimum atomic E-state index is -0.0145. The Labute approximate surface area is 125 Å². The van der Waals surface area contributed by atoms with Crippen LogP contribution < -0.4 is 5.73 Å². The van der Waals surface area contributed by atoms with E-state index < -0.39 is 0 Å². The van der Waals surface area contributed by atoms with Crippen LogP contribution in [0.4, 0.5) is 0 Å². The van der Waals surface area contributed by atoms with Crippen molar-refractivity contribution < 1.29 is 5.21 Å². The van der Waals surface area contributed by atoms with Gasteiger partial charge in [-0.1, -0.05) is 52.3 Å². The Hall–Kier alpha value is -1.36. The van der Waals surface area contributed by atoms with Crippen LogP contribution in [0.1, 0.15) is 5.56 Å². The van der Waals surface area contributed by atoms with E-state index in [1.807, 2.05) is 30.3 Å². The summed E-state index contributed by atoms with van der Waals surface area (Å²) in [6.45, 7) is 0. The van der Waals surface area contributed by atoms with E-state index in [0.717, 1.165) is 9.79 Å². The van der Waals surface area contributed by atoms with Crippen LogP contribution in [0.2, 0.25) is 10.0 Å². The van der Waals surface area contributed by atoms with E-state index in [9.17, 15) is 0 Å². The van der Waals surface area contributed by atoms with E-state index in [-0.39, 0.29) is 5.84 Å². The Kier molecular flexibility index (Phi) is 4.58. The highest BCUT2D eigenvalue weighted by atomic mass is 35.5. The quantitative estimate of drug-likeness (QED) is 0.386. The molecule has 0 unspecified atom stereocenters. The average Bonchev–Trinajstić information content (AvgIpc) is 2.41. The van der Waals surface area contributed by atoms with E-state index in [1.54, 1.807) is 12.1 Å². The zero-order valence-electron chi connectivity index (χ0n) is 9.68. The van der Waals surface area contributed by atoms with Gasteiger partial charge in [-0.05, 0) is 30.3 Å². The number of oxime groups is 1. The smallest absolute Gasteiger partial charge is 0.171 e. The highest BCUT2D eigenvalue weighted by Gasteiger charge is 2.08. The highest BCUT2D eigenvalue weighted by Crippen LogP contribution is 2.34. The number of benzene rings is 2. The van der Waals surface area contributed by atoms with Crippen molar-refractivity contribution in [1.82, 2.24) is 0 Å². The molecular formula is C13H10Cl2N2OS. The number of hydrogen-bond donors (Lipinski definition) is 2. The van der Waals surface area contributed by atoms with Crippen molar-refractivity contribution in [2.45, 2.75) is 9.79 Å². The van der Waals surface area contributed by atoms with Crippen molar-refractivity contribution in [3.63, 3.8) is 0 Å². The summed E-state index contributed by atoms with van der Waals surface area (Å²) in [5.74, 6) is -0.0145. The fourth-order valence-electron chi connectivity index (χ4n) is 1.48. The number of rotatable bonds is 3. The third-order valence-electron chi connectivity index (χ3n) is 2.39. The molecule has 0 saturated heterocycles. The topological polar surface area (TPSA) is 58.6 Å². The Balaban J connectivity index is 2.29. The number of halogens is 2. The molecule has 19 heavy (non-hydrogen) atoms. The van der Waals surface area contributed by atoms with Crippen molar-refractivity contribution in [3.05, 3.63) is 58.1 Å². The molecule has 98 valence electrons. The normalized spacial score (nSPS) is 11.6. The van der Waals surface area contributed by atoms with Gasteiger partial charge in [-0.3, -0.25) is 0 Å². The van der Waals surface area contributed by atoms with Gasteiger partial charge < -0.3 is 10.9 Å². The average molecular weight is 313 g/mol. The predicted octanol–water partition coefficient (Wildman–Crippen LogP) is 4.24. The lowest BCUT2D eigenvalue weighted by atomic mass is 10.2. The molecule has 2 aromatic carbocycles. The summed E-state index contributed by atoms with van der Waals surface area (Å²) in [7, 11) is 0. The minimum absolute atomic E-state index is 0.0145. The molecule has 0 heterocycles. The standard InChI is InChI=1S/C13H10Cl2N2OS/c14-10-3-1-2-4-12(10)19-8-5-6-9(11(15)7-8)13(16)17-18/h1-7,18H,(H2,16,17). The van der Waals surface area contributed by atoms with Crippen LogP contribution >= 0.6 is 35.0 Å². The van der Waals surface area contributed by atoms with Crippen molar-refractivity contribution in [3.8, 4) is 0 Å². The van der Waals surface area contributed by atoms with Crippen LogP contribution in [0.3, 0.4) is 0 Å². The lowest BCUT2D eigenvalue weighted by Crippen LogP contribution is -2.13. The monoisotopic (exact) mass is 312 g/mol. The largest absolute Gasteiger partial charge is 0.409 e. The molecule has 0 aromatic heterocycles. The Bertz CT molecular complexity index is 632. The fourth-order valence-corrected chi connectivity index (χ4v) is 2.95. The molecule has 2 rings (SSSR count). The molecule has 0 amide bonds. The first kappa shape index (κ1) is 14.1. The van der Waals surface area contributed by atoms with Gasteiger partial charge in [-0.25, -0.2) is 0 Å². The van der Waals surface area contributed by atoms with Crippen LogP contribution in [0.5, 0.6) is 0 Å². The third kappa shape index (κ3) is 3.35. The van der Waals surface area contributed by atoms with Crippen molar-refractivity contribution >= 4 is 40.8 Å². The van der Waals surface area contributed by atoms with Gasteiger partial charge in [0.05, 0.1) is 10.0 Å². The van der Waals surface area contributed by atoms with Gasteiger partial charge in [0, 0.05) is 15.4 Å². The summed E-state index contributed by atoms with van der Waals surface area (Å²) >= 11 is 13.7. The van der Waals surface area contributed by atoms with Crippen molar-refractivity contribution in [1.29, 1.82) is 0 Å². The lowest BCUT2D eigenvalue weighted by Gasteiger charge is -2.07. The molecule has 2 aromatic rings. The summed E-state index contributed by atoms with van der Waals surface area (Å²) < 4.78 is 0. The molecule has 0 aliphatic heterocycles. The first-order chi connectivity index (χ1) is 9.11. The van der Waals surface area contributed by atoms with Gasteiger partial charge in [-0.2, -0.15) is 0 Å². The highest BCUT2D eigenvalue weighted by molar-refractivity contribution is 7.99. The van der Waals surface area contributed by atoms with Crippen LogP contribution in [-0.2, 0) is 0 Å². The number of nitrogens with zero attached hydrogens (tertiary/aromatic N) is 1. The molecule has 0 fully saturated rings. The van der Waals surface area contributed by atoms with E-state index in [1.165, 1.54) is 11.8 Å². The predicted molar refractivity (Wildman–Crippen MR) is 79.5 cm³/mol. The second kappa shape index (κ2) is 6.19. The molecule has 0 aliphatic rings. The Morgan fingerprint density at radius 2 is 1.84 bits per heavy atom. The fraction of sp³-hybridized carbons (Fsp3) is 0. The molecule has 0 bridgehead atoms. The van der Waals surface area contributed by atoms with E-state index in [0.29, 0.717) is 15.6 Å². The SMILES string of the molecule is NC(=NO)c1ccc(Sc2ccccc2Cl)cc1Cl. The zero-order valence-corrected chi connectivity index (χ0v) is 12.0. The van der Waals surface area contributed by atoms with Gasteiger partial charge in [-0.15, -0.1) is 0 Å². The first-order valence-corrected chi connectivity index (χ1v) is 6.89. The second-order valence-electron chi connectivity index (χ2n) is 3.66. The molecule has 0 saturated carbocycles. The van der Waals surface area contributed by atoms with E-state index in [4.69, 9.17) is 34.1 Å².